The predicted molar refractivity (Wildman–Crippen MR) is 74.6 cm³/mol. The summed E-state index contributed by atoms with van der Waals surface area (Å²) in [6.45, 7) is 9.76. The number of hydrogen-bond donors (Lipinski definition) is 2. The summed E-state index contributed by atoms with van der Waals surface area (Å²) in [5.74, 6) is 0.986. The first-order valence-corrected chi connectivity index (χ1v) is 7.38. The van der Waals surface area contributed by atoms with Crippen LogP contribution in [0.3, 0.4) is 0 Å². The van der Waals surface area contributed by atoms with Crippen molar-refractivity contribution in [2.24, 2.45) is 17.8 Å². The zero-order valence-corrected chi connectivity index (χ0v) is 12.3. The van der Waals surface area contributed by atoms with Crippen LogP contribution in [0.15, 0.2) is 0 Å². The van der Waals surface area contributed by atoms with Gasteiger partial charge in [0, 0.05) is 5.54 Å². The number of rotatable bonds is 6. The van der Waals surface area contributed by atoms with E-state index < -0.39 is 5.97 Å². The SMILES string of the molecule is CCCNC1(CC(=O)O)CC(C)CCC1C(C)C. The molecular weight excluding hydrogens is 226 g/mol. The fourth-order valence-electron chi connectivity index (χ4n) is 3.70. The van der Waals surface area contributed by atoms with E-state index in [0.29, 0.717) is 17.8 Å². The minimum atomic E-state index is -0.668. The molecule has 0 amide bonds. The van der Waals surface area contributed by atoms with Crippen LogP contribution in [0.2, 0.25) is 0 Å². The second kappa shape index (κ2) is 6.55. The highest BCUT2D eigenvalue weighted by Gasteiger charge is 2.45. The highest BCUT2D eigenvalue weighted by molar-refractivity contribution is 5.68. The van der Waals surface area contributed by atoms with Gasteiger partial charge in [-0.25, -0.2) is 0 Å². The minimum absolute atomic E-state index is 0.187. The third-order valence-corrected chi connectivity index (χ3v) is 4.39. The maximum Gasteiger partial charge on any atom is 0.305 e. The summed E-state index contributed by atoms with van der Waals surface area (Å²) in [6, 6.07) is 0. The summed E-state index contributed by atoms with van der Waals surface area (Å²) >= 11 is 0. The Kier molecular flexibility index (Phi) is 5.64. The first-order chi connectivity index (χ1) is 8.41. The van der Waals surface area contributed by atoms with Gasteiger partial charge < -0.3 is 10.4 Å². The molecule has 1 fully saturated rings. The average molecular weight is 255 g/mol. The summed E-state index contributed by atoms with van der Waals surface area (Å²) in [5, 5.41) is 12.9. The molecule has 1 rings (SSSR count). The van der Waals surface area contributed by atoms with Gasteiger partial charge in [0.1, 0.15) is 0 Å². The molecule has 1 saturated carbocycles. The van der Waals surface area contributed by atoms with E-state index in [0.717, 1.165) is 25.8 Å². The van der Waals surface area contributed by atoms with Crippen molar-refractivity contribution in [2.45, 2.75) is 65.3 Å². The first-order valence-electron chi connectivity index (χ1n) is 7.38. The first kappa shape index (κ1) is 15.5. The number of carboxylic acids is 1. The Hall–Kier alpha value is -0.570. The van der Waals surface area contributed by atoms with Crippen LogP contribution in [0.4, 0.5) is 0 Å². The third-order valence-electron chi connectivity index (χ3n) is 4.39. The molecule has 3 unspecified atom stereocenters. The van der Waals surface area contributed by atoms with Gasteiger partial charge in [-0.15, -0.1) is 0 Å². The number of nitrogens with one attached hydrogen (secondary N) is 1. The molecule has 0 radical (unpaired) electrons. The van der Waals surface area contributed by atoms with Crippen LogP contribution in [-0.4, -0.2) is 23.2 Å². The van der Waals surface area contributed by atoms with Gasteiger partial charge in [-0.3, -0.25) is 4.79 Å². The van der Waals surface area contributed by atoms with Crippen LogP contribution < -0.4 is 5.32 Å². The lowest BCUT2D eigenvalue weighted by molar-refractivity contribution is -0.140. The van der Waals surface area contributed by atoms with E-state index in [-0.39, 0.29) is 12.0 Å². The highest BCUT2D eigenvalue weighted by Crippen LogP contribution is 2.43. The molecule has 0 aromatic heterocycles. The van der Waals surface area contributed by atoms with Crippen LogP contribution >= 0.6 is 0 Å². The molecule has 3 heteroatoms. The maximum atomic E-state index is 11.3. The molecule has 1 aliphatic rings. The second-order valence-electron chi connectivity index (χ2n) is 6.39. The molecule has 0 spiro atoms. The van der Waals surface area contributed by atoms with Crippen molar-refractivity contribution in [1.82, 2.24) is 5.32 Å². The lowest BCUT2D eigenvalue weighted by atomic mass is 9.63. The average Bonchev–Trinajstić information content (AvgIpc) is 2.25. The van der Waals surface area contributed by atoms with Crippen LogP contribution in [0.1, 0.15) is 59.8 Å². The van der Waals surface area contributed by atoms with Crippen LogP contribution in [0.5, 0.6) is 0 Å². The summed E-state index contributed by atoms with van der Waals surface area (Å²) in [7, 11) is 0. The van der Waals surface area contributed by atoms with Gasteiger partial charge in [0.15, 0.2) is 0 Å². The fourth-order valence-corrected chi connectivity index (χ4v) is 3.70. The number of aliphatic carboxylic acids is 1. The minimum Gasteiger partial charge on any atom is -0.481 e. The Morgan fingerprint density at radius 3 is 2.61 bits per heavy atom. The van der Waals surface area contributed by atoms with Gasteiger partial charge in [-0.2, -0.15) is 0 Å². The van der Waals surface area contributed by atoms with E-state index in [9.17, 15) is 9.90 Å². The summed E-state index contributed by atoms with van der Waals surface area (Å²) < 4.78 is 0. The zero-order chi connectivity index (χ0) is 13.8. The van der Waals surface area contributed by atoms with Crippen LogP contribution in [-0.2, 0) is 4.79 Å². The Labute approximate surface area is 111 Å². The van der Waals surface area contributed by atoms with Gasteiger partial charge in [0.25, 0.3) is 0 Å². The Bertz CT molecular complexity index is 278. The topological polar surface area (TPSA) is 49.3 Å². The molecule has 2 N–H and O–H groups in total. The van der Waals surface area contributed by atoms with Crippen molar-refractivity contribution < 1.29 is 9.90 Å². The quantitative estimate of drug-likeness (QED) is 0.765. The molecule has 0 aliphatic heterocycles. The van der Waals surface area contributed by atoms with Crippen LogP contribution in [0, 0.1) is 17.8 Å². The molecule has 3 nitrogen and oxygen atoms in total. The van der Waals surface area contributed by atoms with Crippen molar-refractivity contribution >= 4 is 5.97 Å². The smallest absolute Gasteiger partial charge is 0.305 e. The van der Waals surface area contributed by atoms with Crippen molar-refractivity contribution in [3.63, 3.8) is 0 Å². The molecule has 0 bridgehead atoms. The van der Waals surface area contributed by atoms with E-state index in [4.69, 9.17) is 0 Å². The largest absolute Gasteiger partial charge is 0.481 e. The van der Waals surface area contributed by atoms with E-state index in [1.165, 1.54) is 6.42 Å². The van der Waals surface area contributed by atoms with E-state index in [1.54, 1.807) is 0 Å². The molecule has 0 heterocycles. The standard InChI is InChI=1S/C15H29NO2/c1-5-8-16-15(10-14(17)18)9-12(4)6-7-13(15)11(2)3/h11-13,16H,5-10H2,1-4H3,(H,17,18). The lowest BCUT2D eigenvalue weighted by Gasteiger charge is -2.48. The van der Waals surface area contributed by atoms with Crippen LogP contribution in [0.25, 0.3) is 0 Å². The number of carboxylic acid groups (broad SMARTS) is 1. The Balaban J connectivity index is 2.94. The Morgan fingerprint density at radius 1 is 1.44 bits per heavy atom. The van der Waals surface area contributed by atoms with E-state index >= 15 is 0 Å². The van der Waals surface area contributed by atoms with Gasteiger partial charge in [-0.1, -0.05) is 34.1 Å². The highest BCUT2D eigenvalue weighted by atomic mass is 16.4. The summed E-state index contributed by atoms with van der Waals surface area (Å²) in [5.41, 5.74) is -0.187. The molecule has 3 atom stereocenters. The second-order valence-corrected chi connectivity index (χ2v) is 6.39. The monoisotopic (exact) mass is 255 g/mol. The predicted octanol–water partition coefficient (Wildman–Crippen LogP) is 3.29. The Morgan fingerprint density at radius 2 is 2.11 bits per heavy atom. The third kappa shape index (κ3) is 3.71. The van der Waals surface area contributed by atoms with E-state index in [2.05, 4.69) is 33.0 Å². The molecule has 106 valence electrons. The van der Waals surface area contributed by atoms with Crippen molar-refractivity contribution in [2.75, 3.05) is 6.54 Å². The van der Waals surface area contributed by atoms with Crippen molar-refractivity contribution in [3.8, 4) is 0 Å². The number of hydrogen-bond acceptors (Lipinski definition) is 2. The molecule has 0 saturated heterocycles. The lowest BCUT2D eigenvalue weighted by Crippen LogP contribution is -2.57. The molecule has 0 aromatic carbocycles. The van der Waals surface area contributed by atoms with Gasteiger partial charge in [0.2, 0.25) is 0 Å². The summed E-state index contributed by atoms with van der Waals surface area (Å²) in [4.78, 5) is 11.3. The molecule has 18 heavy (non-hydrogen) atoms. The zero-order valence-electron chi connectivity index (χ0n) is 12.3. The van der Waals surface area contributed by atoms with Gasteiger partial charge in [0.05, 0.1) is 6.42 Å². The van der Waals surface area contributed by atoms with Gasteiger partial charge in [-0.05, 0) is 43.6 Å². The van der Waals surface area contributed by atoms with Crippen molar-refractivity contribution in [3.05, 3.63) is 0 Å². The summed E-state index contributed by atoms with van der Waals surface area (Å²) in [6.07, 6.45) is 4.71. The van der Waals surface area contributed by atoms with Crippen molar-refractivity contribution in [1.29, 1.82) is 0 Å². The number of carbonyl (C=O) groups is 1. The fraction of sp³-hybridized carbons (Fsp3) is 0.933. The maximum absolute atomic E-state index is 11.3. The van der Waals surface area contributed by atoms with E-state index in [1.807, 2.05) is 0 Å². The normalized spacial score (nSPS) is 32.7. The molecular formula is C15H29NO2. The molecule has 1 aliphatic carbocycles. The van der Waals surface area contributed by atoms with Gasteiger partial charge >= 0.3 is 5.97 Å². The molecule has 0 aromatic rings.